The Morgan fingerprint density at radius 3 is 0.987 bits per heavy atom. The number of ether oxygens (including phenoxy) is 4. The van der Waals surface area contributed by atoms with Gasteiger partial charge in [-0.2, -0.15) is 0 Å². The second-order valence-corrected chi connectivity index (χ2v) is 24.3. The third-order valence-corrected chi connectivity index (χ3v) is 10.6. The summed E-state index contributed by atoms with van der Waals surface area (Å²) < 4.78 is 20.9. The average Bonchev–Trinajstić information content (AvgIpc) is 3.87. The first-order valence-electron chi connectivity index (χ1n) is 25.4. The van der Waals surface area contributed by atoms with Crippen LogP contribution in [0.3, 0.4) is 0 Å². The van der Waals surface area contributed by atoms with E-state index in [-0.39, 0.29) is 49.4 Å². The van der Waals surface area contributed by atoms with Crippen LogP contribution in [-0.4, -0.2) is 135 Å². The van der Waals surface area contributed by atoms with Gasteiger partial charge in [0.15, 0.2) is 52.0 Å². The number of carbonyl (C=O) groups excluding carboxylic acids is 13. The SMILES string of the molecule is CC(C)(C)OC(=O)NCC(=O)C1C(=O)c2cc3c(cc2C1=O)[N+](=O)C(C(=O)CNC(=O)OC(C)(C)C)C3=O.CC(C)(C)OCC(=O)C1C(=O)c2cc3c(cc2C1=O)C(=O)C(C(=O)COC(C)(C)C)C3=O.CC(C)C.CC(C)C. The van der Waals surface area contributed by atoms with Crippen molar-refractivity contribution in [2.24, 2.45) is 29.6 Å². The Labute approximate surface area is 453 Å². The Hall–Kier alpha value is -7.13. The molecule has 2 N–H and O–H groups in total. The number of benzene rings is 2. The molecule has 3 aliphatic carbocycles. The maximum Gasteiger partial charge on any atom is 0.408 e. The molecule has 2 unspecified atom stereocenters. The molecule has 0 radical (unpaired) electrons. The highest BCUT2D eigenvalue weighted by Crippen LogP contribution is 2.39. The third kappa shape index (κ3) is 16.9. The smallest absolute Gasteiger partial charge is 0.408 e. The van der Waals surface area contributed by atoms with Gasteiger partial charge in [-0.3, -0.25) is 52.7 Å². The molecule has 0 saturated carbocycles. The standard InChI is InChI=1S/C25H27N3O10.C24H26O8.2C4H10/c1-24(2,3)37-22(34)26-9-15(29)17-19(31)11-7-13-14(8-12(11)20(17)32)28(36)18(21(13)33)16(30)10-27-23(35)38-25(4,5)6;1-23(2,3)31-9-15(25)17-19(27)11-7-13-14(8-12(11)20(17)28)22(30)18(21(13)29)16(26)10-32-24(4,5)6;2*1-4(2)3/h7-8,17-18H,9-10H2,1-6H3,(H-,26,27,34,35);7-8,17-18H,9-10H2,1-6H3;2*4H,1-3H3/p+1. The summed E-state index contributed by atoms with van der Waals surface area (Å²) in [5, 5.41) is 4.37. The Bertz CT molecular complexity index is 2550. The third-order valence-electron chi connectivity index (χ3n) is 10.6. The summed E-state index contributed by atoms with van der Waals surface area (Å²) in [7, 11) is 0. The van der Waals surface area contributed by atoms with E-state index in [0.29, 0.717) is 0 Å². The summed E-state index contributed by atoms with van der Waals surface area (Å²) in [6.07, 6.45) is -1.83. The number of nitrogens with zero attached hydrogens (tertiary/aromatic N) is 1. The van der Waals surface area contributed by atoms with Gasteiger partial charge in [0.1, 0.15) is 47.7 Å². The fourth-order valence-corrected chi connectivity index (χ4v) is 7.52. The molecule has 0 saturated heterocycles. The monoisotopic (exact) mass is 1090 g/mol. The van der Waals surface area contributed by atoms with E-state index in [2.05, 4.69) is 52.2 Å². The van der Waals surface area contributed by atoms with Gasteiger partial charge in [-0.25, -0.2) is 9.59 Å². The van der Waals surface area contributed by atoms with E-state index in [4.69, 9.17) is 18.9 Å². The minimum atomic E-state index is -1.83. The Morgan fingerprint density at radius 1 is 0.423 bits per heavy atom. The number of hydrogen-bond donors (Lipinski definition) is 2. The molecule has 2 amide bonds. The van der Waals surface area contributed by atoms with Crippen LogP contribution in [0.25, 0.3) is 0 Å². The van der Waals surface area contributed by atoms with Crippen molar-refractivity contribution in [2.75, 3.05) is 26.3 Å². The first kappa shape index (κ1) is 65.2. The number of hydrogen-bond acceptors (Lipinski definition) is 18. The van der Waals surface area contributed by atoms with Gasteiger partial charge in [0.05, 0.1) is 29.1 Å². The zero-order valence-electron chi connectivity index (χ0n) is 47.9. The van der Waals surface area contributed by atoms with E-state index in [0.717, 1.165) is 36.1 Å². The van der Waals surface area contributed by atoms with Crippen LogP contribution < -0.4 is 10.6 Å². The highest BCUT2D eigenvalue weighted by atomic mass is 16.6. The van der Waals surface area contributed by atoms with Crippen molar-refractivity contribution in [3.8, 4) is 0 Å². The van der Waals surface area contributed by atoms with E-state index in [1.165, 1.54) is 0 Å². The van der Waals surface area contributed by atoms with Gasteiger partial charge in [0.25, 0.3) is 5.69 Å². The number of carbonyl (C=O) groups is 13. The summed E-state index contributed by atoms with van der Waals surface area (Å²) in [6, 6.07) is 2.49. The lowest BCUT2D eigenvalue weighted by molar-refractivity contribution is -0.468. The van der Waals surface area contributed by atoms with Gasteiger partial charge in [0.2, 0.25) is 11.6 Å². The summed E-state index contributed by atoms with van der Waals surface area (Å²) >= 11 is 0. The van der Waals surface area contributed by atoms with Crippen LogP contribution in [-0.2, 0) is 38.1 Å². The first-order chi connectivity index (χ1) is 35.5. The molecule has 0 aromatic heterocycles. The Kier molecular flexibility index (Phi) is 21.0. The molecule has 21 heteroatoms. The van der Waals surface area contributed by atoms with Crippen molar-refractivity contribution in [1.82, 2.24) is 10.6 Å². The number of fused-ring (bicyclic) bond motifs is 4. The van der Waals surface area contributed by atoms with Crippen LogP contribution in [0.2, 0.25) is 0 Å². The quantitative estimate of drug-likeness (QED) is 0.152. The molecule has 21 nitrogen and oxygen atoms in total. The molecule has 2 aromatic rings. The molecule has 4 aliphatic rings. The maximum atomic E-state index is 12.9. The van der Waals surface area contributed by atoms with E-state index >= 15 is 0 Å². The minimum absolute atomic E-state index is 0.0944. The van der Waals surface area contributed by atoms with Crippen molar-refractivity contribution >= 4 is 81.5 Å². The van der Waals surface area contributed by atoms with Crippen LogP contribution >= 0.6 is 0 Å². The molecule has 0 bridgehead atoms. The van der Waals surface area contributed by atoms with Crippen molar-refractivity contribution in [1.29, 1.82) is 0 Å². The molecule has 6 rings (SSSR count). The van der Waals surface area contributed by atoms with Crippen LogP contribution in [0.15, 0.2) is 24.3 Å². The minimum Gasteiger partial charge on any atom is -0.444 e. The Morgan fingerprint density at radius 2 is 0.692 bits per heavy atom. The van der Waals surface area contributed by atoms with Crippen molar-refractivity contribution < 1.29 is 86.0 Å². The molecule has 1 heterocycles. The molecule has 424 valence electrons. The summed E-state index contributed by atoms with van der Waals surface area (Å²) in [6.45, 7) is 30.9. The lowest BCUT2D eigenvalue weighted by atomic mass is 9.97. The predicted molar refractivity (Wildman–Crippen MR) is 282 cm³/mol. The normalized spacial score (nSPS) is 17.0. The van der Waals surface area contributed by atoms with E-state index in [9.17, 15) is 67.2 Å². The predicted octanol–water partition coefficient (Wildman–Crippen LogP) is 7.61. The molecular weight excluding hydrogens is 1010 g/mol. The molecular formula is C57H74N3O18+. The lowest BCUT2D eigenvalue weighted by Crippen LogP contribution is -2.42. The van der Waals surface area contributed by atoms with Gasteiger partial charge in [-0.15, -0.1) is 0 Å². The molecule has 2 aromatic carbocycles. The summed E-state index contributed by atoms with van der Waals surface area (Å²) in [5.74, 6) is -12.0. The number of Topliss-reactive ketones (excluding diaryl/α,β-unsaturated/α-hetero) is 11. The number of ketones is 11. The highest BCUT2D eigenvalue weighted by Gasteiger charge is 2.55. The van der Waals surface area contributed by atoms with E-state index < -0.39 is 148 Å². The van der Waals surface area contributed by atoms with E-state index in [1.807, 2.05) is 0 Å². The Balaban J connectivity index is 0.000000364. The molecule has 0 fully saturated rings. The van der Waals surface area contributed by atoms with Crippen molar-refractivity contribution in [3.05, 3.63) is 68.1 Å². The van der Waals surface area contributed by atoms with Gasteiger partial charge in [-0.05, 0) is 113 Å². The number of alkyl carbamates (subject to hydrolysis) is 2. The van der Waals surface area contributed by atoms with Gasteiger partial charge in [0, 0.05) is 44.4 Å². The fraction of sp³-hybridized carbons (Fsp3) is 0.561. The second kappa shape index (κ2) is 25.1. The van der Waals surface area contributed by atoms with Gasteiger partial charge >= 0.3 is 18.2 Å². The zero-order chi connectivity index (χ0) is 60.1. The zero-order valence-corrected chi connectivity index (χ0v) is 47.9. The van der Waals surface area contributed by atoms with Crippen LogP contribution in [0.1, 0.15) is 197 Å². The first-order valence-corrected chi connectivity index (χ1v) is 25.4. The van der Waals surface area contributed by atoms with Crippen LogP contribution in [0, 0.1) is 34.5 Å². The number of nitrogens with one attached hydrogen (secondary N) is 2. The van der Waals surface area contributed by atoms with Crippen LogP contribution in [0.4, 0.5) is 15.3 Å². The largest absolute Gasteiger partial charge is 0.444 e. The van der Waals surface area contributed by atoms with Crippen molar-refractivity contribution in [3.63, 3.8) is 0 Å². The second-order valence-electron chi connectivity index (χ2n) is 24.3. The van der Waals surface area contributed by atoms with Crippen molar-refractivity contribution in [2.45, 2.75) is 153 Å². The summed E-state index contributed by atoms with van der Waals surface area (Å²) in [4.78, 5) is 177. The molecule has 2 atom stereocenters. The number of nitroso groups, excluding NO2 is 1. The lowest BCUT2D eigenvalue weighted by Gasteiger charge is -2.19. The highest BCUT2D eigenvalue weighted by molar-refractivity contribution is 6.40. The molecule has 1 aliphatic heterocycles. The van der Waals surface area contributed by atoms with Gasteiger partial charge < -0.3 is 29.6 Å². The van der Waals surface area contributed by atoms with Gasteiger partial charge in [-0.1, -0.05) is 41.5 Å². The van der Waals surface area contributed by atoms with E-state index in [1.54, 1.807) is 83.1 Å². The maximum absolute atomic E-state index is 12.9. The van der Waals surface area contributed by atoms with Crippen LogP contribution in [0.5, 0.6) is 0 Å². The topological polar surface area (TPSA) is 303 Å². The number of rotatable bonds is 12. The average molecular weight is 1090 g/mol. The fourth-order valence-electron chi connectivity index (χ4n) is 7.52. The summed E-state index contributed by atoms with van der Waals surface area (Å²) in [5.41, 5.74) is -4.38. The number of amides is 2. The molecule has 0 spiro atoms. The molecule has 78 heavy (non-hydrogen) atoms.